The lowest BCUT2D eigenvalue weighted by molar-refractivity contribution is 0.502. The van der Waals surface area contributed by atoms with Crippen LogP contribution in [0.2, 0.25) is 0 Å². The van der Waals surface area contributed by atoms with Gasteiger partial charge in [-0.05, 0) is 18.4 Å². The van der Waals surface area contributed by atoms with E-state index in [1.54, 1.807) is 11.8 Å². The van der Waals surface area contributed by atoms with Crippen LogP contribution in [0.25, 0.3) is 0 Å². The van der Waals surface area contributed by atoms with Crippen molar-refractivity contribution >= 4 is 16.9 Å². The number of hydrogen-bond acceptors (Lipinski definition) is 2. The van der Waals surface area contributed by atoms with Crippen molar-refractivity contribution < 1.29 is 8.78 Å². The van der Waals surface area contributed by atoms with Gasteiger partial charge in [-0.2, -0.15) is 0 Å². The van der Waals surface area contributed by atoms with Crippen LogP contribution in [0.4, 0.5) is 8.78 Å². The van der Waals surface area contributed by atoms with Gasteiger partial charge >= 0.3 is 0 Å². The first-order valence-electron chi connectivity index (χ1n) is 6.42. The number of nitrogens with one attached hydrogen (secondary N) is 1. The van der Waals surface area contributed by atoms with Gasteiger partial charge < -0.3 is 5.32 Å². The highest BCUT2D eigenvalue weighted by Gasteiger charge is 2.20. The second kappa shape index (κ2) is 6.37. The number of amidine groups is 1. The first kappa shape index (κ1) is 14.3. The summed E-state index contributed by atoms with van der Waals surface area (Å²) in [6, 6.07) is 4.04. The molecule has 1 saturated heterocycles. The molecule has 1 aliphatic rings. The van der Waals surface area contributed by atoms with Gasteiger partial charge in [-0.25, -0.2) is 8.78 Å². The van der Waals surface area contributed by atoms with Crippen LogP contribution in [0.3, 0.4) is 0 Å². The molecule has 1 fully saturated rings. The van der Waals surface area contributed by atoms with E-state index in [2.05, 4.69) is 24.2 Å². The summed E-state index contributed by atoms with van der Waals surface area (Å²) in [6.45, 7) is 4.63. The third-order valence-corrected chi connectivity index (χ3v) is 4.00. The fraction of sp³-hybridized carbons (Fsp3) is 0.500. The maximum Gasteiger partial charge on any atom is 0.157 e. The normalized spacial score (nSPS) is 21.1. The molecule has 2 rings (SSSR count). The molecule has 1 atom stereocenters. The molecular formula is C14H18F2N2S. The van der Waals surface area contributed by atoms with E-state index >= 15 is 0 Å². The highest BCUT2D eigenvalue weighted by atomic mass is 32.2. The average molecular weight is 284 g/mol. The van der Waals surface area contributed by atoms with Crippen molar-refractivity contribution in [3.63, 3.8) is 0 Å². The molecule has 104 valence electrons. The Morgan fingerprint density at radius 2 is 2.21 bits per heavy atom. The maximum absolute atomic E-state index is 13.4. The van der Waals surface area contributed by atoms with Gasteiger partial charge in [0.05, 0.1) is 6.54 Å². The Morgan fingerprint density at radius 3 is 2.89 bits per heavy atom. The molecule has 1 aromatic carbocycles. The molecule has 0 radical (unpaired) electrons. The highest BCUT2D eigenvalue weighted by Crippen LogP contribution is 2.20. The topological polar surface area (TPSA) is 24.4 Å². The third kappa shape index (κ3) is 4.20. The first-order valence-corrected chi connectivity index (χ1v) is 7.41. The number of rotatable bonds is 4. The Hall–Kier alpha value is -1.10. The van der Waals surface area contributed by atoms with Crippen molar-refractivity contribution in [2.24, 2.45) is 10.9 Å². The zero-order valence-electron chi connectivity index (χ0n) is 11.1. The van der Waals surface area contributed by atoms with E-state index in [-0.39, 0.29) is 6.54 Å². The zero-order valence-corrected chi connectivity index (χ0v) is 11.9. The first-order chi connectivity index (χ1) is 9.04. The van der Waals surface area contributed by atoms with Crippen LogP contribution in [0.5, 0.6) is 0 Å². The van der Waals surface area contributed by atoms with Crippen molar-refractivity contribution in [2.45, 2.75) is 32.9 Å². The predicted molar refractivity (Wildman–Crippen MR) is 76.3 cm³/mol. The smallest absolute Gasteiger partial charge is 0.157 e. The molecule has 1 N–H and O–H groups in total. The number of hydrogen-bond donors (Lipinski definition) is 1. The number of aliphatic imine (C=N–C) groups is 1. The van der Waals surface area contributed by atoms with E-state index < -0.39 is 11.6 Å². The minimum Gasteiger partial charge on any atom is -0.361 e. The van der Waals surface area contributed by atoms with E-state index in [0.29, 0.717) is 17.5 Å². The molecule has 5 heteroatoms. The SMILES string of the molecule is CC(C)CC1CSC(=NCc2ccc(F)cc2F)N1. The Bertz CT molecular complexity index is 475. The minimum absolute atomic E-state index is 0.246. The van der Waals surface area contributed by atoms with E-state index in [4.69, 9.17) is 0 Å². The molecule has 0 spiro atoms. The molecule has 19 heavy (non-hydrogen) atoms. The molecule has 0 amide bonds. The van der Waals surface area contributed by atoms with Crippen molar-refractivity contribution in [1.82, 2.24) is 5.32 Å². The van der Waals surface area contributed by atoms with Crippen molar-refractivity contribution in [3.8, 4) is 0 Å². The number of halogens is 2. The molecular weight excluding hydrogens is 266 g/mol. The Morgan fingerprint density at radius 1 is 1.42 bits per heavy atom. The molecule has 1 aromatic rings. The Balaban J connectivity index is 1.93. The lowest BCUT2D eigenvalue weighted by Gasteiger charge is -2.11. The molecule has 1 aliphatic heterocycles. The van der Waals surface area contributed by atoms with Crippen LogP contribution in [-0.2, 0) is 6.54 Å². The quantitative estimate of drug-likeness (QED) is 0.914. The third-order valence-electron chi connectivity index (χ3n) is 2.91. The molecule has 0 saturated carbocycles. The lowest BCUT2D eigenvalue weighted by atomic mass is 10.1. The van der Waals surface area contributed by atoms with Crippen LogP contribution in [0, 0.1) is 17.6 Å². The van der Waals surface area contributed by atoms with Crippen LogP contribution in [0.15, 0.2) is 23.2 Å². The standard InChI is InChI=1S/C14H18F2N2S/c1-9(2)5-12-8-19-14(18-12)17-7-10-3-4-11(15)6-13(10)16/h3-4,6,9,12H,5,7-8H2,1-2H3,(H,17,18). The van der Waals surface area contributed by atoms with E-state index in [1.807, 2.05) is 0 Å². The summed E-state index contributed by atoms with van der Waals surface area (Å²) in [7, 11) is 0. The molecule has 0 aromatic heterocycles. The summed E-state index contributed by atoms with van der Waals surface area (Å²) < 4.78 is 26.2. The van der Waals surface area contributed by atoms with Gasteiger partial charge in [0.1, 0.15) is 11.6 Å². The van der Waals surface area contributed by atoms with E-state index in [1.165, 1.54) is 12.1 Å². The molecule has 0 bridgehead atoms. The van der Waals surface area contributed by atoms with Crippen LogP contribution < -0.4 is 5.32 Å². The maximum atomic E-state index is 13.4. The predicted octanol–water partition coefficient (Wildman–Crippen LogP) is 3.57. The lowest BCUT2D eigenvalue weighted by Crippen LogP contribution is -2.28. The molecule has 1 heterocycles. The fourth-order valence-corrected chi connectivity index (χ4v) is 3.02. The second-order valence-electron chi connectivity index (χ2n) is 5.14. The molecule has 0 aliphatic carbocycles. The number of nitrogens with zero attached hydrogens (tertiary/aromatic N) is 1. The summed E-state index contributed by atoms with van der Waals surface area (Å²) in [4.78, 5) is 4.35. The second-order valence-corrected chi connectivity index (χ2v) is 6.15. The number of thioether (sulfide) groups is 1. The van der Waals surface area contributed by atoms with Crippen molar-refractivity contribution in [1.29, 1.82) is 0 Å². The van der Waals surface area contributed by atoms with Gasteiger partial charge in [0.15, 0.2) is 5.17 Å². The summed E-state index contributed by atoms with van der Waals surface area (Å²) in [5.74, 6) is 0.556. The summed E-state index contributed by atoms with van der Waals surface area (Å²) in [6.07, 6.45) is 1.11. The van der Waals surface area contributed by atoms with Gasteiger partial charge in [-0.3, -0.25) is 4.99 Å². The molecule has 1 unspecified atom stereocenters. The van der Waals surface area contributed by atoms with Gasteiger partial charge in [0.2, 0.25) is 0 Å². The van der Waals surface area contributed by atoms with Crippen LogP contribution >= 0.6 is 11.8 Å². The Labute approximate surface area is 116 Å². The molecule has 2 nitrogen and oxygen atoms in total. The van der Waals surface area contributed by atoms with E-state index in [0.717, 1.165) is 23.4 Å². The van der Waals surface area contributed by atoms with E-state index in [9.17, 15) is 8.78 Å². The largest absolute Gasteiger partial charge is 0.361 e. The zero-order chi connectivity index (χ0) is 13.8. The summed E-state index contributed by atoms with van der Waals surface area (Å²) >= 11 is 1.66. The average Bonchev–Trinajstić information content (AvgIpc) is 2.74. The van der Waals surface area contributed by atoms with Crippen LogP contribution in [0.1, 0.15) is 25.8 Å². The monoisotopic (exact) mass is 284 g/mol. The van der Waals surface area contributed by atoms with Gasteiger partial charge in [0, 0.05) is 23.4 Å². The van der Waals surface area contributed by atoms with Crippen LogP contribution in [-0.4, -0.2) is 17.0 Å². The van der Waals surface area contributed by atoms with Gasteiger partial charge in [-0.15, -0.1) is 0 Å². The summed E-state index contributed by atoms with van der Waals surface area (Å²) in [5.41, 5.74) is 0.420. The van der Waals surface area contributed by atoms with Gasteiger partial charge in [0.25, 0.3) is 0 Å². The minimum atomic E-state index is -0.556. The fourth-order valence-electron chi connectivity index (χ4n) is 2.03. The van der Waals surface area contributed by atoms with Gasteiger partial charge in [-0.1, -0.05) is 31.7 Å². The number of benzene rings is 1. The summed E-state index contributed by atoms with van der Waals surface area (Å²) in [5, 5.41) is 4.20. The van der Waals surface area contributed by atoms with Crippen molar-refractivity contribution in [3.05, 3.63) is 35.4 Å². The van der Waals surface area contributed by atoms with Crippen molar-refractivity contribution in [2.75, 3.05) is 5.75 Å². The highest BCUT2D eigenvalue weighted by molar-refractivity contribution is 8.14. The Kier molecular flexibility index (Phi) is 4.80.